The molecule has 0 aliphatic carbocycles. The molecule has 2 aromatic rings. The second kappa shape index (κ2) is 7.98. The Labute approximate surface area is 165 Å². The van der Waals surface area contributed by atoms with Crippen LogP contribution in [0.1, 0.15) is 18.4 Å². The number of sulfonamides is 1. The van der Waals surface area contributed by atoms with E-state index in [1.807, 2.05) is 12.1 Å². The van der Waals surface area contributed by atoms with Gasteiger partial charge in [-0.2, -0.15) is 4.31 Å². The summed E-state index contributed by atoms with van der Waals surface area (Å²) < 4.78 is 27.5. The molecule has 1 amide bonds. The number of piperazine rings is 1. The number of pyridine rings is 1. The molecule has 2 saturated heterocycles. The van der Waals surface area contributed by atoms with Crippen molar-refractivity contribution in [2.24, 2.45) is 0 Å². The number of benzene rings is 1. The van der Waals surface area contributed by atoms with Crippen molar-refractivity contribution < 1.29 is 13.2 Å². The standard InChI is InChI=1S/C20H24N4O3S/c25-20-2-1-11-24(20)18-3-5-19(6-4-18)28(26,27)23-14-12-22(13-15-23)16-17-7-9-21-10-8-17/h3-10H,1-2,11-16H2. The van der Waals surface area contributed by atoms with Crippen molar-refractivity contribution in [3.8, 4) is 0 Å². The molecule has 148 valence electrons. The lowest BCUT2D eigenvalue weighted by Gasteiger charge is -2.34. The van der Waals surface area contributed by atoms with E-state index in [1.54, 1.807) is 45.9 Å². The van der Waals surface area contributed by atoms with E-state index < -0.39 is 10.0 Å². The summed E-state index contributed by atoms with van der Waals surface area (Å²) in [7, 11) is -3.52. The maximum atomic E-state index is 13.0. The Balaban J connectivity index is 1.39. The van der Waals surface area contributed by atoms with Crippen molar-refractivity contribution in [1.82, 2.24) is 14.2 Å². The van der Waals surface area contributed by atoms with Gasteiger partial charge in [-0.1, -0.05) is 0 Å². The molecule has 0 saturated carbocycles. The Bertz CT molecular complexity index is 924. The van der Waals surface area contributed by atoms with Crippen LogP contribution in [0.5, 0.6) is 0 Å². The summed E-state index contributed by atoms with van der Waals surface area (Å²) in [4.78, 5) is 20.1. The first-order valence-electron chi connectivity index (χ1n) is 9.56. The van der Waals surface area contributed by atoms with E-state index in [0.29, 0.717) is 39.1 Å². The van der Waals surface area contributed by atoms with E-state index in [-0.39, 0.29) is 10.8 Å². The summed E-state index contributed by atoms with van der Waals surface area (Å²) in [6.07, 6.45) is 4.96. The molecule has 28 heavy (non-hydrogen) atoms. The lowest BCUT2D eigenvalue weighted by molar-refractivity contribution is -0.117. The van der Waals surface area contributed by atoms with E-state index >= 15 is 0 Å². The van der Waals surface area contributed by atoms with Gasteiger partial charge in [-0.05, 0) is 48.4 Å². The molecule has 2 aliphatic rings. The average Bonchev–Trinajstić information content (AvgIpc) is 3.15. The molecule has 0 N–H and O–H groups in total. The van der Waals surface area contributed by atoms with Crippen LogP contribution in [-0.4, -0.2) is 61.2 Å². The zero-order valence-electron chi connectivity index (χ0n) is 15.7. The molecule has 3 heterocycles. The minimum atomic E-state index is -3.52. The number of hydrogen-bond donors (Lipinski definition) is 0. The highest BCUT2D eigenvalue weighted by molar-refractivity contribution is 7.89. The number of hydrogen-bond acceptors (Lipinski definition) is 5. The Morgan fingerprint density at radius 2 is 1.57 bits per heavy atom. The second-order valence-electron chi connectivity index (χ2n) is 7.18. The topological polar surface area (TPSA) is 73.8 Å². The molecular formula is C20H24N4O3S. The van der Waals surface area contributed by atoms with Gasteiger partial charge in [0.2, 0.25) is 15.9 Å². The Hall–Kier alpha value is -2.29. The van der Waals surface area contributed by atoms with Crippen LogP contribution in [0.2, 0.25) is 0 Å². The highest BCUT2D eigenvalue weighted by Crippen LogP contribution is 2.25. The van der Waals surface area contributed by atoms with Crippen molar-refractivity contribution in [3.63, 3.8) is 0 Å². The van der Waals surface area contributed by atoms with Crippen molar-refractivity contribution >= 4 is 21.6 Å². The van der Waals surface area contributed by atoms with Gasteiger partial charge in [0.1, 0.15) is 0 Å². The first kappa shape index (κ1) is 19.0. The van der Waals surface area contributed by atoms with E-state index in [4.69, 9.17) is 0 Å². The van der Waals surface area contributed by atoms with Crippen LogP contribution in [0.25, 0.3) is 0 Å². The second-order valence-corrected chi connectivity index (χ2v) is 9.12. The fourth-order valence-corrected chi connectivity index (χ4v) is 5.16. The summed E-state index contributed by atoms with van der Waals surface area (Å²) in [6.45, 7) is 3.84. The normalized spacial score (nSPS) is 19.3. The van der Waals surface area contributed by atoms with Crippen molar-refractivity contribution in [2.45, 2.75) is 24.3 Å². The Kier molecular flexibility index (Phi) is 5.43. The van der Waals surface area contributed by atoms with E-state index in [1.165, 1.54) is 5.56 Å². The Morgan fingerprint density at radius 1 is 0.893 bits per heavy atom. The average molecular weight is 401 g/mol. The third kappa shape index (κ3) is 3.94. The summed E-state index contributed by atoms with van der Waals surface area (Å²) >= 11 is 0. The number of rotatable bonds is 5. The highest BCUT2D eigenvalue weighted by atomic mass is 32.2. The van der Waals surface area contributed by atoms with Crippen LogP contribution in [0, 0.1) is 0 Å². The van der Waals surface area contributed by atoms with Crippen molar-refractivity contribution in [3.05, 3.63) is 54.4 Å². The number of carbonyl (C=O) groups excluding carboxylic acids is 1. The van der Waals surface area contributed by atoms with E-state index in [2.05, 4.69) is 9.88 Å². The smallest absolute Gasteiger partial charge is 0.243 e. The maximum Gasteiger partial charge on any atom is 0.243 e. The monoisotopic (exact) mass is 400 g/mol. The molecule has 1 aromatic carbocycles. The molecule has 2 aliphatic heterocycles. The minimum Gasteiger partial charge on any atom is -0.312 e. The van der Waals surface area contributed by atoms with Gasteiger partial charge < -0.3 is 4.90 Å². The van der Waals surface area contributed by atoms with Gasteiger partial charge in [-0.25, -0.2) is 8.42 Å². The van der Waals surface area contributed by atoms with Crippen LogP contribution in [0.4, 0.5) is 5.69 Å². The number of aromatic nitrogens is 1. The number of anilines is 1. The first-order chi connectivity index (χ1) is 13.5. The van der Waals surface area contributed by atoms with Gasteiger partial charge in [0, 0.05) is 63.8 Å². The summed E-state index contributed by atoms with van der Waals surface area (Å²) in [5.74, 6) is 0.0981. The minimum absolute atomic E-state index is 0.0981. The summed E-state index contributed by atoms with van der Waals surface area (Å²) in [5, 5.41) is 0. The van der Waals surface area contributed by atoms with Crippen LogP contribution in [0.15, 0.2) is 53.7 Å². The van der Waals surface area contributed by atoms with Gasteiger partial charge in [0.15, 0.2) is 0 Å². The predicted octanol–water partition coefficient (Wildman–Crippen LogP) is 1.71. The summed E-state index contributed by atoms with van der Waals surface area (Å²) in [6, 6.07) is 10.6. The van der Waals surface area contributed by atoms with Gasteiger partial charge in [0.25, 0.3) is 0 Å². The molecule has 0 unspecified atom stereocenters. The van der Waals surface area contributed by atoms with E-state index in [9.17, 15) is 13.2 Å². The fourth-order valence-electron chi connectivity index (χ4n) is 3.74. The third-order valence-electron chi connectivity index (χ3n) is 5.35. The molecule has 4 rings (SSSR count). The predicted molar refractivity (Wildman–Crippen MR) is 106 cm³/mol. The van der Waals surface area contributed by atoms with Gasteiger partial charge in [0.05, 0.1) is 4.90 Å². The molecule has 8 heteroatoms. The molecule has 0 radical (unpaired) electrons. The lowest BCUT2D eigenvalue weighted by atomic mass is 10.2. The highest BCUT2D eigenvalue weighted by Gasteiger charge is 2.29. The molecule has 7 nitrogen and oxygen atoms in total. The molecular weight excluding hydrogens is 376 g/mol. The maximum absolute atomic E-state index is 13.0. The third-order valence-corrected chi connectivity index (χ3v) is 7.26. The molecule has 2 fully saturated rings. The first-order valence-corrected chi connectivity index (χ1v) is 11.0. The molecule has 1 aromatic heterocycles. The number of amides is 1. The van der Waals surface area contributed by atoms with E-state index in [0.717, 1.165) is 18.7 Å². The SMILES string of the molecule is O=C1CCCN1c1ccc(S(=O)(=O)N2CCN(Cc3ccncc3)CC2)cc1. The quantitative estimate of drug-likeness (QED) is 0.764. The van der Waals surface area contributed by atoms with Crippen molar-refractivity contribution in [1.29, 1.82) is 0 Å². The number of nitrogens with zero attached hydrogens (tertiary/aromatic N) is 4. The van der Waals surface area contributed by atoms with Gasteiger partial charge in [-0.3, -0.25) is 14.7 Å². The van der Waals surface area contributed by atoms with Crippen LogP contribution in [0.3, 0.4) is 0 Å². The molecule has 0 atom stereocenters. The van der Waals surface area contributed by atoms with Crippen molar-refractivity contribution in [2.75, 3.05) is 37.6 Å². The zero-order valence-corrected chi connectivity index (χ0v) is 16.5. The Morgan fingerprint density at radius 3 is 2.18 bits per heavy atom. The number of carbonyl (C=O) groups is 1. The molecule has 0 spiro atoms. The summed E-state index contributed by atoms with van der Waals surface area (Å²) in [5.41, 5.74) is 1.95. The largest absolute Gasteiger partial charge is 0.312 e. The lowest BCUT2D eigenvalue weighted by Crippen LogP contribution is -2.48. The van der Waals surface area contributed by atoms with Crippen LogP contribution < -0.4 is 4.90 Å². The zero-order chi connectivity index (χ0) is 19.6. The fraction of sp³-hybridized carbons (Fsp3) is 0.400. The molecule has 0 bridgehead atoms. The van der Waals surface area contributed by atoms with Gasteiger partial charge in [-0.15, -0.1) is 0 Å². The van der Waals surface area contributed by atoms with Crippen LogP contribution in [-0.2, 0) is 21.4 Å². The van der Waals surface area contributed by atoms with Gasteiger partial charge >= 0.3 is 0 Å². The van der Waals surface area contributed by atoms with Crippen LogP contribution >= 0.6 is 0 Å².